The number of rotatable bonds is 18. The van der Waals surface area contributed by atoms with E-state index in [0.29, 0.717) is 84.8 Å². The molecule has 73 heavy (non-hydrogen) atoms. The zero-order valence-electron chi connectivity index (χ0n) is 45.3. The fourth-order valence-electron chi connectivity index (χ4n) is 16.1. The molecule has 0 aromatic rings. The summed E-state index contributed by atoms with van der Waals surface area (Å²) in [7, 11) is 0. The lowest BCUT2D eigenvalue weighted by Gasteiger charge is -2.39. The molecule has 10 rings (SSSR count). The van der Waals surface area contributed by atoms with Crippen LogP contribution in [-0.4, -0.2) is 108 Å². The van der Waals surface area contributed by atoms with Crippen molar-refractivity contribution in [1.82, 2.24) is 0 Å². The molecule has 0 N–H and O–H groups in total. The van der Waals surface area contributed by atoms with Gasteiger partial charge < -0.3 is 33.2 Å². The molecule has 11 heteroatoms. The molecule has 0 aliphatic heterocycles. The van der Waals surface area contributed by atoms with Gasteiger partial charge in [0.1, 0.15) is 11.6 Å². The summed E-state index contributed by atoms with van der Waals surface area (Å²) in [5, 5.41) is 0.0189. The van der Waals surface area contributed by atoms with Crippen molar-refractivity contribution >= 4 is 34.8 Å². The maximum absolute atomic E-state index is 13.7. The SMILES string of the molecule is O=C(C1CCC(OC2CCC(OC3CCC(OC4CCC(OC5CCC(OC6CCC(OC7CCCCC7)CC6)CC5)CC4)CC3)CC2)CC1)C1CCC(OC2CCC(C(=O)C3CC(Cl)CCC3Cl)CC2)CC1. The molecule has 0 saturated heterocycles. The Bertz CT molecular complexity index is 1620. The first-order chi connectivity index (χ1) is 35.7. The Kier molecular flexibility index (Phi) is 21.6. The van der Waals surface area contributed by atoms with E-state index in [1.54, 1.807) is 0 Å². The highest BCUT2D eigenvalue weighted by molar-refractivity contribution is 6.24. The van der Waals surface area contributed by atoms with Gasteiger partial charge in [-0.25, -0.2) is 0 Å². The minimum absolute atomic E-state index is 0.0612. The van der Waals surface area contributed by atoms with Gasteiger partial charge in [0.25, 0.3) is 0 Å². The van der Waals surface area contributed by atoms with Crippen molar-refractivity contribution < 1.29 is 42.7 Å². The van der Waals surface area contributed by atoms with Crippen LogP contribution in [0.2, 0.25) is 0 Å². The first-order valence-corrected chi connectivity index (χ1v) is 32.5. The molecule has 0 bridgehead atoms. The second kappa shape index (κ2) is 28.2. The topological polar surface area (TPSA) is 98.8 Å². The zero-order chi connectivity index (χ0) is 49.9. The summed E-state index contributed by atoms with van der Waals surface area (Å²) in [5.74, 6) is 1.28. The maximum atomic E-state index is 13.7. The number of alkyl halides is 2. The molecule has 0 spiro atoms. The Morgan fingerprint density at radius 1 is 0.247 bits per heavy atom. The van der Waals surface area contributed by atoms with Crippen LogP contribution in [0.5, 0.6) is 0 Å². The van der Waals surface area contributed by atoms with Crippen molar-refractivity contribution in [3.63, 3.8) is 0 Å². The summed E-state index contributed by atoms with van der Waals surface area (Å²) >= 11 is 13.0. The van der Waals surface area contributed by atoms with E-state index in [0.717, 1.165) is 199 Å². The lowest BCUT2D eigenvalue weighted by molar-refractivity contribution is -0.133. The van der Waals surface area contributed by atoms with Crippen LogP contribution in [0.4, 0.5) is 0 Å². The van der Waals surface area contributed by atoms with E-state index in [4.69, 9.17) is 56.4 Å². The summed E-state index contributed by atoms with van der Waals surface area (Å²) in [6.07, 6.45) is 48.7. The van der Waals surface area contributed by atoms with Crippen molar-refractivity contribution in [3.05, 3.63) is 0 Å². The van der Waals surface area contributed by atoms with E-state index in [1.807, 2.05) is 0 Å². The predicted molar refractivity (Wildman–Crippen MR) is 289 cm³/mol. The normalized spacial score (nSPS) is 43.8. The van der Waals surface area contributed by atoms with Gasteiger partial charge in [0.2, 0.25) is 0 Å². The van der Waals surface area contributed by atoms with Gasteiger partial charge >= 0.3 is 0 Å². The van der Waals surface area contributed by atoms with Crippen molar-refractivity contribution in [2.45, 2.75) is 353 Å². The van der Waals surface area contributed by atoms with Crippen LogP contribution in [0.25, 0.3) is 0 Å². The first-order valence-electron chi connectivity index (χ1n) is 31.6. The molecular formula is C62H100Cl2O9. The molecule has 0 heterocycles. The molecule has 0 aromatic carbocycles. The van der Waals surface area contributed by atoms with Crippen molar-refractivity contribution in [2.75, 3.05) is 0 Å². The highest BCUT2D eigenvalue weighted by Gasteiger charge is 2.41. The largest absolute Gasteiger partial charge is 0.375 e. The van der Waals surface area contributed by atoms with Gasteiger partial charge in [-0.2, -0.15) is 0 Å². The van der Waals surface area contributed by atoms with Gasteiger partial charge in [0.05, 0.1) is 85.5 Å². The molecule has 10 aliphatic carbocycles. The molecule has 0 amide bonds. The third-order valence-electron chi connectivity index (χ3n) is 20.6. The van der Waals surface area contributed by atoms with Crippen molar-refractivity contribution in [2.24, 2.45) is 23.7 Å². The highest BCUT2D eigenvalue weighted by atomic mass is 35.5. The van der Waals surface area contributed by atoms with E-state index in [9.17, 15) is 9.59 Å². The molecule has 3 unspecified atom stereocenters. The van der Waals surface area contributed by atoms with Crippen LogP contribution in [0.1, 0.15) is 257 Å². The zero-order valence-corrected chi connectivity index (χ0v) is 46.8. The third kappa shape index (κ3) is 16.6. The maximum Gasteiger partial charge on any atom is 0.140 e. The lowest BCUT2D eigenvalue weighted by atomic mass is 9.75. The summed E-state index contributed by atoms with van der Waals surface area (Å²) in [5.41, 5.74) is 0. The Balaban J connectivity index is 0.522. The minimum Gasteiger partial charge on any atom is -0.375 e. The second-order valence-electron chi connectivity index (χ2n) is 26.0. The first kappa shape index (κ1) is 55.9. The predicted octanol–water partition coefficient (Wildman–Crippen LogP) is 14.8. The molecule has 0 radical (unpaired) electrons. The smallest absolute Gasteiger partial charge is 0.140 e. The quantitative estimate of drug-likeness (QED) is 0.124. The molecule has 0 aromatic heterocycles. The second-order valence-corrected chi connectivity index (χ2v) is 27.1. The number of hydrogen-bond donors (Lipinski definition) is 0. The van der Waals surface area contributed by atoms with E-state index in [-0.39, 0.29) is 46.6 Å². The van der Waals surface area contributed by atoms with E-state index in [1.165, 1.54) is 57.8 Å². The Morgan fingerprint density at radius 2 is 0.466 bits per heavy atom. The van der Waals surface area contributed by atoms with Crippen LogP contribution >= 0.6 is 23.2 Å². The van der Waals surface area contributed by atoms with E-state index in [2.05, 4.69) is 0 Å². The fraction of sp³-hybridized carbons (Fsp3) is 0.968. The number of Topliss-reactive ketones (excluding diaryl/α,β-unsaturated/α-hetero) is 2. The van der Waals surface area contributed by atoms with E-state index < -0.39 is 0 Å². The summed E-state index contributed by atoms with van der Waals surface area (Å²) < 4.78 is 46.7. The Morgan fingerprint density at radius 3 is 0.726 bits per heavy atom. The highest BCUT2D eigenvalue weighted by Crippen LogP contribution is 2.41. The molecule has 10 saturated carbocycles. The number of carbonyl (C=O) groups is 2. The van der Waals surface area contributed by atoms with Crippen LogP contribution in [0.3, 0.4) is 0 Å². The minimum atomic E-state index is -0.0823. The molecule has 10 aliphatic rings. The van der Waals surface area contributed by atoms with Crippen molar-refractivity contribution in [3.8, 4) is 0 Å². The summed E-state index contributed by atoms with van der Waals surface area (Å²) in [6.45, 7) is 0. The number of carbonyl (C=O) groups excluding carboxylic acids is 2. The number of ether oxygens (including phenoxy) is 7. The number of halogens is 2. The van der Waals surface area contributed by atoms with Gasteiger partial charge in [-0.15, -0.1) is 23.2 Å². The fourth-order valence-corrected chi connectivity index (χ4v) is 16.8. The average Bonchev–Trinajstić information content (AvgIpc) is 3.43. The summed E-state index contributed by atoms with van der Waals surface area (Å²) in [4.78, 5) is 27.0. The Hall–Kier alpha value is -0.360. The average molecular weight is 1060 g/mol. The molecule has 3 atom stereocenters. The van der Waals surface area contributed by atoms with Crippen LogP contribution < -0.4 is 0 Å². The molecular weight excluding hydrogens is 960 g/mol. The lowest BCUT2D eigenvalue weighted by Crippen LogP contribution is -2.39. The van der Waals surface area contributed by atoms with Gasteiger partial charge in [0.15, 0.2) is 0 Å². The number of hydrogen-bond acceptors (Lipinski definition) is 9. The molecule has 416 valence electrons. The van der Waals surface area contributed by atoms with Crippen LogP contribution in [-0.2, 0) is 42.7 Å². The van der Waals surface area contributed by atoms with Gasteiger partial charge in [-0.3, -0.25) is 9.59 Å². The molecule has 9 nitrogen and oxygen atoms in total. The van der Waals surface area contributed by atoms with Crippen LogP contribution in [0, 0.1) is 23.7 Å². The van der Waals surface area contributed by atoms with Crippen LogP contribution in [0.15, 0.2) is 0 Å². The number of ketones is 2. The summed E-state index contributed by atoms with van der Waals surface area (Å²) in [6, 6.07) is 0. The molecule has 10 fully saturated rings. The Labute approximate surface area is 452 Å². The van der Waals surface area contributed by atoms with Gasteiger partial charge in [-0.1, -0.05) is 19.3 Å². The monoisotopic (exact) mass is 1060 g/mol. The van der Waals surface area contributed by atoms with Crippen molar-refractivity contribution in [1.29, 1.82) is 0 Å². The van der Waals surface area contributed by atoms with Gasteiger partial charge in [-0.05, 0) is 238 Å². The van der Waals surface area contributed by atoms with Gasteiger partial charge in [0, 0.05) is 34.4 Å². The van der Waals surface area contributed by atoms with E-state index >= 15 is 0 Å². The third-order valence-corrected chi connectivity index (χ3v) is 21.6. The standard InChI is InChI=1S/C62H100Cl2O9/c63-44-12-39-60(64)59(40-44)62(66)43-10-17-48(18-11-43)68-46-13-6-41(7-14-46)61(65)42-8-15-47(16-9-42)69-50-23-25-52(26-24-50)71-54-31-33-56(34-32-54)73-58-37-35-57(36-38-58)72-55-29-27-53(28-30-55)70-51-21-19-49(20-22-51)67-45-4-2-1-3-5-45/h41-60H,1-40H2.